The Labute approximate surface area is 136 Å². The molecule has 2 atom stereocenters. The first-order valence-corrected chi connectivity index (χ1v) is 8.18. The van der Waals surface area contributed by atoms with Crippen LogP contribution in [-0.4, -0.2) is 48.1 Å². The minimum absolute atomic E-state index is 0.276. The first kappa shape index (κ1) is 16.0. The fourth-order valence-corrected chi connectivity index (χ4v) is 3.33. The van der Waals surface area contributed by atoms with Crippen molar-refractivity contribution in [2.75, 3.05) is 31.1 Å². The van der Waals surface area contributed by atoms with Crippen molar-refractivity contribution in [2.45, 2.75) is 32.1 Å². The van der Waals surface area contributed by atoms with E-state index in [0.29, 0.717) is 6.04 Å². The minimum atomic E-state index is -1.05. The first-order chi connectivity index (χ1) is 11.1. The molecule has 3 heterocycles. The van der Waals surface area contributed by atoms with Gasteiger partial charge in [0, 0.05) is 30.9 Å². The quantitative estimate of drug-likeness (QED) is 0.579. The lowest BCUT2D eigenvalue weighted by Gasteiger charge is -2.26. The molecule has 2 aliphatic heterocycles. The Morgan fingerprint density at radius 3 is 2.74 bits per heavy atom. The Bertz CT molecular complexity index is 567. The van der Waals surface area contributed by atoms with Gasteiger partial charge in [0.2, 0.25) is 11.7 Å². The number of nitrogens with one attached hydrogen (secondary N) is 2. The normalized spacial score (nSPS) is 27.4. The van der Waals surface area contributed by atoms with Crippen molar-refractivity contribution in [3.8, 4) is 0 Å². The summed E-state index contributed by atoms with van der Waals surface area (Å²) in [6.45, 7) is 8.67. The minimum Gasteiger partial charge on any atom is -0.369 e. The topological polar surface area (TPSA) is 108 Å². The van der Waals surface area contributed by atoms with Crippen LogP contribution in [0.2, 0.25) is 0 Å². The number of aromatic nitrogens is 1. The molecule has 8 nitrogen and oxygen atoms in total. The van der Waals surface area contributed by atoms with Gasteiger partial charge in [-0.25, -0.2) is 9.98 Å². The monoisotopic (exact) mass is 318 g/mol. The van der Waals surface area contributed by atoms with Gasteiger partial charge in [-0.3, -0.25) is 16.1 Å². The second-order valence-corrected chi connectivity index (χ2v) is 6.03. The fraction of sp³-hybridized carbons (Fsp3) is 0.600. The van der Waals surface area contributed by atoms with Crippen LogP contribution in [0.5, 0.6) is 0 Å². The van der Waals surface area contributed by atoms with Gasteiger partial charge in [0.1, 0.15) is 5.82 Å². The van der Waals surface area contributed by atoms with Gasteiger partial charge >= 0.3 is 0 Å². The van der Waals surface area contributed by atoms with Crippen LogP contribution in [0.4, 0.5) is 5.82 Å². The van der Waals surface area contributed by atoms with Crippen LogP contribution >= 0.6 is 0 Å². The molecule has 23 heavy (non-hydrogen) atoms. The molecule has 126 valence electrons. The molecule has 1 saturated heterocycles. The first-order valence-electron chi connectivity index (χ1n) is 8.18. The molecule has 0 spiro atoms. The summed E-state index contributed by atoms with van der Waals surface area (Å²) in [5.41, 5.74) is 18.1. The van der Waals surface area contributed by atoms with E-state index in [-0.39, 0.29) is 5.96 Å². The summed E-state index contributed by atoms with van der Waals surface area (Å²) < 4.78 is 0. The Morgan fingerprint density at radius 2 is 2.17 bits per heavy atom. The van der Waals surface area contributed by atoms with E-state index in [9.17, 15) is 0 Å². The van der Waals surface area contributed by atoms with E-state index >= 15 is 0 Å². The lowest BCUT2D eigenvalue weighted by atomic mass is 10.1. The summed E-state index contributed by atoms with van der Waals surface area (Å²) in [5, 5.41) is 0. The SMILES string of the molecule is CCN(CC)C1CCN(c2ccc(C3(N)N=C(N)NN3)cn2)C1. The summed E-state index contributed by atoms with van der Waals surface area (Å²) in [6, 6.07) is 4.56. The molecule has 6 N–H and O–H groups in total. The third-order valence-electron chi connectivity index (χ3n) is 4.68. The second-order valence-electron chi connectivity index (χ2n) is 6.03. The highest BCUT2D eigenvalue weighted by molar-refractivity contribution is 5.79. The summed E-state index contributed by atoms with van der Waals surface area (Å²) in [4.78, 5) is 13.6. The molecule has 1 aromatic heterocycles. The van der Waals surface area contributed by atoms with Crippen LogP contribution in [0.15, 0.2) is 23.3 Å². The number of hydrogen-bond acceptors (Lipinski definition) is 8. The van der Waals surface area contributed by atoms with E-state index in [2.05, 4.69) is 44.5 Å². The van der Waals surface area contributed by atoms with Crippen molar-refractivity contribution in [3.05, 3.63) is 23.9 Å². The zero-order valence-corrected chi connectivity index (χ0v) is 13.8. The van der Waals surface area contributed by atoms with E-state index in [1.165, 1.54) is 6.42 Å². The molecule has 0 bridgehead atoms. The highest BCUT2D eigenvalue weighted by Crippen LogP contribution is 2.24. The third kappa shape index (κ3) is 3.10. The number of anilines is 1. The molecule has 8 heteroatoms. The Kier molecular flexibility index (Phi) is 4.38. The number of rotatable bonds is 5. The predicted molar refractivity (Wildman–Crippen MR) is 91.5 cm³/mol. The van der Waals surface area contributed by atoms with Crippen molar-refractivity contribution >= 4 is 11.8 Å². The van der Waals surface area contributed by atoms with Crippen molar-refractivity contribution in [1.82, 2.24) is 20.7 Å². The maximum atomic E-state index is 6.17. The molecule has 0 aromatic carbocycles. The van der Waals surface area contributed by atoms with E-state index in [4.69, 9.17) is 11.5 Å². The molecular weight excluding hydrogens is 292 g/mol. The van der Waals surface area contributed by atoms with E-state index in [0.717, 1.165) is 37.6 Å². The predicted octanol–water partition coefficient (Wildman–Crippen LogP) is -0.506. The number of aliphatic imine (C=N–C) groups is 1. The van der Waals surface area contributed by atoms with E-state index in [1.807, 2.05) is 12.1 Å². The zero-order valence-electron chi connectivity index (χ0n) is 13.8. The van der Waals surface area contributed by atoms with Gasteiger partial charge in [-0.15, -0.1) is 0 Å². The van der Waals surface area contributed by atoms with Crippen LogP contribution < -0.4 is 27.2 Å². The van der Waals surface area contributed by atoms with Gasteiger partial charge in [-0.2, -0.15) is 5.43 Å². The van der Waals surface area contributed by atoms with Gasteiger partial charge in [-0.1, -0.05) is 13.8 Å². The molecular formula is C15H26N8. The van der Waals surface area contributed by atoms with Crippen molar-refractivity contribution < 1.29 is 0 Å². The van der Waals surface area contributed by atoms with Crippen molar-refractivity contribution in [3.63, 3.8) is 0 Å². The van der Waals surface area contributed by atoms with Crippen LogP contribution in [0.1, 0.15) is 25.8 Å². The largest absolute Gasteiger partial charge is 0.369 e. The molecule has 0 aliphatic carbocycles. The molecule has 3 rings (SSSR count). The number of likely N-dealkylation sites (N-methyl/N-ethyl adjacent to an activating group) is 1. The lowest BCUT2D eigenvalue weighted by Crippen LogP contribution is -2.50. The molecule has 0 radical (unpaired) electrons. The lowest BCUT2D eigenvalue weighted by molar-refractivity contribution is 0.232. The summed E-state index contributed by atoms with van der Waals surface area (Å²) >= 11 is 0. The zero-order chi connectivity index (χ0) is 16.4. The summed E-state index contributed by atoms with van der Waals surface area (Å²) in [7, 11) is 0. The molecule has 0 amide bonds. The third-order valence-corrected chi connectivity index (χ3v) is 4.68. The molecule has 0 saturated carbocycles. The van der Waals surface area contributed by atoms with Gasteiger partial charge in [0.25, 0.3) is 0 Å². The number of nitrogens with zero attached hydrogens (tertiary/aromatic N) is 4. The number of hydrazine groups is 1. The van der Waals surface area contributed by atoms with Crippen molar-refractivity contribution in [1.29, 1.82) is 0 Å². The van der Waals surface area contributed by atoms with Gasteiger partial charge < -0.3 is 10.6 Å². The van der Waals surface area contributed by atoms with Crippen LogP contribution in [-0.2, 0) is 5.79 Å². The Morgan fingerprint density at radius 1 is 1.39 bits per heavy atom. The number of nitrogens with two attached hydrogens (primary N) is 2. The Hall–Kier alpha value is -1.90. The molecule has 2 unspecified atom stereocenters. The number of hydrogen-bond donors (Lipinski definition) is 4. The summed E-state index contributed by atoms with van der Waals surface area (Å²) in [5.74, 6) is 0.206. The van der Waals surface area contributed by atoms with E-state index in [1.54, 1.807) is 6.20 Å². The Balaban J connectivity index is 1.69. The standard InChI is InChI=1S/C15H26N8/c1-3-22(4-2)12-7-8-23(10-12)13-6-5-11(9-18-13)15(17)19-14(16)20-21-15/h5-6,9,12,21H,3-4,7-8,10,17H2,1-2H3,(H3,16,19,20). The average Bonchev–Trinajstić information content (AvgIpc) is 3.17. The highest BCUT2D eigenvalue weighted by atomic mass is 15.6. The van der Waals surface area contributed by atoms with E-state index < -0.39 is 5.79 Å². The van der Waals surface area contributed by atoms with Crippen LogP contribution in [0.3, 0.4) is 0 Å². The van der Waals surface area contributed by atoms with Crippen molar-refractivity contribution in [2.24, 2.45) is 16.5 Å². The van der Waals surface area contributed by atoms with Gasteiger partial charge in [0.05, 0.1) is 0 Å². The maximum absolute atomic E-state index is 6.17. The van der Waals surface area contributed by atoms with Gasteiger partial charge in [0.15, 0.2) is 0 Å². The van der Waals surface area contributed by atoms with Gasteiger partial charge in [-0.05, 0) is 31.6 Å². The summed E-state index contributed by atoms with van der Waals surface area (Å²) in [6.07, 6.45) is 2.94. The fourth-order valence-electron chi connectivity index (χ4n) is 3.33. The molecule has 1 aromatic rings. The average molecular weight is 318 g/mol. The molecule has 1 fully saturated rings. The smallest absolute Gasteiger partial charge is 0.210 e. The number of pyridine rings is 1. The second kappa shape index (κ2) is 6.31. The highest BCUT2D eigenvalue weighted by Gasteiger charge is 2.32. The molecule has 2 aliphatic rings. The van der Waals surface area contributed by atoms with Crippen LogP contribution in [0.25, 0.3) is 0 Å². The van der Waals surface area contributed by atoms with Crippen LogP contribution in [0, 0.1) is 0 Å². The number of guanidine groups is 1. The maximum Gasteiger partial charge on any atom is 0.210 e.